The highest BCUT2D eigenvalue weighted by Gasteiger charge is 2.18. The maximum Gasteiger partial charge on any atom is 0.276 e. The molecule has 2 aromatic rings. The van der Waals surface area contributed by atoms with Gasteiger partial charge in [0, 0.05) is 26.3 Å². The zero-order chi connectivity index (χ0) is 14.7. The molecule has 106 valence electrons. The van der Waals surface area contributed by atoms with E-state index in [4.69, 9.17) is 5.73 Å². The lowest BCUT2D eigenvalue weighted by Crippen LogP contribution is -2.27. The number of rotatable bonds is 4. The Morgan fingerprint density at radius 3 is 2.85 bits per heavy atom. The molecule has 0 fully saturated rings. The molecular weight excluding hydrogens is 259 g/mol. The molecule has 2 rings (SSSR count). The average molecular weight is 276 g/mol. The number of hydrogen-bond acceptors (Lipinski definition) is 3. The normalized spacial score (nSPS) is 10.6. The van der Waals surface area contributed by atoms with Crippen LogP contribution in [0.4, 0.5) is 10.1 Å². The second-order valence-electron chi connectivity index (χ2n) is 4.58. The number of hydrogen-bond donors (Lipinski definition) is 1. The first kappa shape index (κ1) is 14.0. The zero-order valence-corrected chi connectivity index (χ0v) is 11.5. The van der Waals surface area contributed by atoms with Gasteiger partial charge in [0.15, 0.2) is 5.69 Å². The van der Waals surface area contributed by atoms with Crippen LogP contribution in [0.2, 0.25) is 0 Å². The van der Waals surface area contributed by atoms with Gasteiger partial charge in [0.2, 0.25) is 0 Å². The predicted octanol–water partition coefficient (Wildman–Crippen LogP) is 1.90. The molecule has 0 aliphatic heterocycles. The molecular formula is C14H17FN4O. The molecule has 0 aliphatic carbocycles. The second kappa shape index (κ2) is 5.73. The summed E-state index contributed by atoms with van der Waals surface area (Å²) in [5.41, 5.74) is 7.08. The highest BCUT2D eigenvalue weighted by atomic mass is 19.1. The number of carbonyl (C=O) groups excluding carboxylic acids is 1. The minimum atomic E-state index is -0.321. The Labute approximate surface area is 116 Å². The Kier molecular flexibility index (Phi) is 4.02. The molecule has 6 heteroatoms. The maximum absolute atomic E-state index is 13.1. The van der Waals surface area contributed by atoms with Crippen LogP contribution in [-0.4, -0.2) is 27.6 Å². The van der Waals surface area contributed by atoms with Crippen molar-refractivity contribution in [3.8, 4) is 0 Å². The number of nitrogens with two attached hydrogens (primary N) is 1. The number of benzene rings is 1. The molecule has 1 amide bonds. The average Bonchev–Trinajstić information content (AvgIpc) is 2.79. The van der Waals surface area contributed by atoms with E-state index in [2.05, 4.69) is 5.10 Å². The molecule has 5 nitrogen and oxygen atoms in total. The fraction of sp³-hybridized carbons (Fsp3) is 0.286. The van der Waals surface area contributed by atoms with Crippen LogP contribution < -0.4 is 5.73 Å². The minimum absolute atomic E-state index is 0.228. The van der Waals surface area contributed by atoms with Gasteiger partial charge in [-0.3, -0.25) is 9.48 Å². The first-order chi connectivity index (χ1) is 9.51. The Balaban J connectivity index is 2.14. The molecule has 20 heavy (non-hydrogen) atoms. The summed E-state index contributed by atoms with van der Waals surface area (Å²) in [6.07, 6.45) is 1.63. The van der Waals surface area contributed by atoms with Gasteiger partial charge in [-0.2, -0.15) is 5.10 Å². The summed E-state index contributed by atoms with van der Waals surface area (Å²) in [6.45, 7) is 2.86. The lowest BCUT2D eigenvalue weighted by molar-refractivity contribution is 0.0779. The van der Waals surface area contributed by atoms with Gasteiger partial charge >= 0.3 is 0 Å². The third-order valence-electron chi connectivity index (χ3n) is 2.97. The van der Waals surface area contributed by atoms with Crippen LogP contribution in [0.15, 0.2) is 30.5 Å². The molecule has 1 heterocycles. The summed E-state index contributed by atoms with van der Waals surface area (Å²) in [5, 5.41) is 4.13. The van der Waals surface area contributed by atoms with E-state index in [1.165, 1.54) is 17.0 Å². The molecule has 1 aromatic heterocycles. The number of amides is 1. The van der Waals surface area contributed by atoms with Gasteiger partial charge in [0.1, 0.15) is 5.82 Å². The lowest BCUT2D eigenvalue weighted by Gasteiger charge is -2.16. The molecule has 2 N–H and O–H groups in total. The van der Waals surface area contributed by atoms with E-state index < -0.39 is 0 Å². The van der Waals surface area contributed by atoms with Crippen molar-refractivity contribution in [2.75, 3.05) is 12.8 Å². The molecule has 0 atom stereocenters. The van der Waals surface area contributed by atoms with Gasteiger partial charge in [-0.1, -0.05) is 12.1 Å². The van der Waals surface area contributed by atoms with E-state index in [0.29, 0.717) is 24.3 Å². The fourth-order valence-corrected chi connectivity index (χ4v) is 1.93. The van der Waals surface area contributed by atoms with Crippen molar-refractivity contribution in [1.82, 2.24) is 14.7 Å². The summed E-state index contributed by atoms with van der Waals surface area (Å²) < 4.78 is 14.7. The Bertz CT molecular complexity index is 623. The summed E-state index contributed by atoms with van der Waals surface area (Å²) in [5.74, 6) is -0.600. The number of aryl methyl sites for hydroxylation is 1. The van der Waals surface area contributed by atoms with Crippen molar-refractivity contribution in [2.45, 2.75) is 20.0 Å². The second-order valence-corrected chi connectivity index (χ2v) is 4.58. The lowest BCUT2D eigenvalue weighted by atomic mass is 10.2. The largest absolute Gasteiger partial charge is 0.396 e. The number of halogens is 1. The monoisotopic (exact) mass is 276 g/mol. The van der Waals surface area contributed by atoms with Gasteiger partial charge in [0.05, 0.1) is 5.69 Å². The molecule has 0 aliphatic rings. The van der Waals surface area contributed by atoms with E-state index in [0.717, 1.165) is 0 Å². The molecule has 0 radical (unpaired) electrons. The van der Waals surface area contributed by atoms with Gasteiger partial charge in [-0.25, -0.2) is 4.39 Å². The number of carbonyl (C=O) groups is 1. The summed E-state index contributed by atoms with van der Waals surface area (Å²) >= 11 is 0. The van der Waals surface area contributed by atoms with Gasteiger partial charge in [0.25, 0.3) is 5.91 Å². The molecule has 0 bridgehead atoms. The highest BCUT2D eigenvalue weighted by Crippen LogP contribution is 2.14. The van der Waals surface area contributed by atoms with E-state index in [1.807, 2.05) is 6.92 Å². The minimum Gasteiger partial charge on any atom is -0.396 e. The van der Waals surface area contributed by atoms with Crippen LogP contribution in [0, 0.1) is 5.82 Å². The van der Waals surface area contributed by atoms with Crippen LogP contribution >= 0.6 is 0 Å². The van der Waals surface area contributed by atoms with Crippen molar-refractivity contribution in [3.63, 3.8) is 0 Å². The van der Waals surface area contributed by atoms with Crippen molar-refractivity contribution in [3.05, 3.63) is 47.5 Å². The maximum atomic E-state index is 13.1. The van der Waals surface area contributed by atoms with Gasteiger partial charge in [-0.15, -0.1) is 0 Å². The summed E-state index contributed by atoms with van der Waals surface area (Å²) in [7, 11) is 1.64. The standard InChI is InChI=1S/C14H17FN4O/c1-3-19-9-12(16)13(17-19)14(20)18(2)8-10-5-4-6-11(15)7-10/h4-7,9H,3,8,16H2,1-2H3. The van der Waals surface area contributed by atoms with Gasteiger partial charge < -0.3 is 10.6 Å². The molecule has 0 saturated carbocycles. The fourth-order valence-electron chi connectivity index (χ4n) is 1.93. The van der Waals surface area contributed by atoms with Crippen LogP contribution in [-0.2, 0) is 13.1 Å². The Morgan fingerprint density at radius 2 is 2.25 bits per heavy atom. The number of nitrogen functional groups attached to an aromatic ring is 1. The van der Waals surface area contributed by atoms with E-state index in [9.17, 15) is 9.18 Å². The summed E-state index contributed by atoms with van der Waals surface area (Å²) in [6, 6.07) is 6.15. The third-order valence-corrected chi connectivity index (χ3v) is 2.97. The van der Waals surface area contributed by atoms with E-state index in [-0.39, 0.29) is 17.4 Å². The Morgan fingerprint density at radius 1 is 1.50 bits per heavy atom. The first-order valence-electron chi connectivity index (χ1n) is 6.34. The Hall–Kier alpha value is -2.37. The van der Waals surface area contributed by atoms with Crippen molar-refractivity contribution in [1.29, 1.82) is 0 Å². The number of anilines is 1. The predicted molar refractivity (Wildman–Crippen MR) is 74.5 cm³/mol. The van der Waals surface area contributed by atoms with Crippen LogP contribution in [0.5, 0.6) is 0 Å². The number of nitrogens with zero attached hydrogens (tertiary/aromatic N) is 3. The quantitative estimate of drug-likeness (QED) is 0.927. The van der Waals surface area contributed by atoms with Crippen molar-refractivity contribution in [2.24, 2.45) is 0 Å². The van der Waals surface area contributed by atoms with E-state index in [1.54, 1.807) is 30.1 Å². The third kappa shape index (κ3) is 2.96. The smallest absolute Gasteiger partial charge is 0.276 e. The van der Waals surface area contributed by atoms with Gasteiger partial charge in [-0.05, 0) is 24.6 Å². The van der Waals surface area contributed by atoms with Crippen LogP contribution in [0.3, 0.4) is 0 Å². The molecule has 1 aromatic carbocycles. The molecule has 0 saturated heterocycles. The van der Waals surface area contributed by atoms with Crippen molar-refractivity contribution < 1.29 is 9.18 Å². The zero-order valence-electron chi connectivity index (χ0n) is 11.5. The van der Waals surface area contributed by atoms with Crippen LogP contribution in [0.1, 0.15) is 23.0 Å². The number of aromatic nitrogens is 2. The SMILES string of the molecule is CCn1cc(N)c(C(=O)N(C)Cc2cccc(F)c2)n1. The highest BCUT2D eigenvalue weighted by molar-refractivity contribution is 5.96. The van der Waals surface area contributed by atoms with Crippen LogP contribution in [0.25, 0.3) is 0 Å². The van der Waals surface area contributed by atoms with E-state index >= 15 is 0 Å². The first-order valence-corrected chi connectivity index (χ1v) is 6.34. The topological polar surface area (TPSA) is 64.2 Å². The molecule has 0 spiro atoms. The van der Waals surface area contributed by atoms with Crippen molar-refractivity contribution >= 4 is 11.6 Å². The summed E-state index contributed by atoms with van der Waals surface area (Å²) in [4.78, 5) is 13.7. The molecule has 0 unspecified atom stereocenters.